The number of ether oxygens (including phenoxy) is 11. The van der Waals surface area contributed by atoms with Gasteiger partial charge in [-0.2, -0.15) is 0 Å². The third kappa shape index (κ3) is 12.8. The van der Waals surface area contributed by atoms with Crippen LogP contribution in [0.2, 0.25) is 0 Å². The molecule has 32 nitrogen and oxygen atoms in total. The van der Waals surface area contributed by atoms with Crippen LogP contribution in [0.1, 0.15) is 20.8 Å². The minimum atomic E-state index is -2.23. The van der Waals surface area contributed by atoms with Crippen LogP contribution in [0.3, 0.4) is 0 Å². The summed E-state index contributed by atoms with van der Waals surface area (Å²) in [5.41, 5.74) is 0. The molecule has 6 aliphatic heterocycles. The number of hydrogen-bond acceptors (Lipinski definition) is 30. The molecule has 6 rings (SSSR count). The van der Waals surface area contributed by atoms with E-state index in [-0.39, 0.29) is 0 Å². The number of hydrogen-bond donors (Lipinski definition) is 19. The van der Waals surface area contributed by atoms with Crippen LogP contribution >= 0.6 is 0 Å². The van der Waals surface area contributed by atoms with Crippen molar-refractivity contribution in [3.63, 3.8) is 0 Å². The van der Waals surface area contributed by atoms with E-state index in [1.54, 1.807) is 0 Å². The molecule has 0 aliphatic carbocycles. The van der Waals surface area contributed by atoms with Gasteiger partial charge in [0.05, 0.1) is 39.1 Å². The molecule has 6 saturated heterocycles. The fourth-order valence-electron chi connectivity index (χ4n) is 9.06. The molecule has 0 bridgehead atoms. The lowest BCUT2D eigenvalue weighted by molar-refractivity contribution is -0.384. The topological polar surface area (TPSA) is 504 Å². The van der Waals surface area contributed by atoms with Gasteiger partial charge in [-0.15, -0.1) is 0 Å². The van der Waals surface area contributed by atoms with E-state index in [1.807, 2.05) is 0 Å². The smallest absolute Gasteiger partial charge is 0.217 e. The first-order chi connectivity index (χ1) is 33.9. The quantitative estimate of drug-likeness (QED) is 0.0643. The van der Waals surface area contributed by atoms with E-state index in [0.717, 1.165) is 13.8 Å². The van der Waals surface area contributed by atoms with Crippen molar-refractivity contribution in [3.05, 3.63) is 0 Å². The van der Waals surface area contributed by atoms with Crippen LogP contribution in [-0.2, 0) is 61.7 Å². The SMILES string of the molecule is CC(=O)N[C@@H]1[C@@H](O)[C@H](O[C@@H]2O[C@H](CO)[C@@H](O[C@@H]3O[C@H](CO[C@H]4O[C@H](CO)[C@@H](O)[C@H](O)[C@@H]4O)[C@@H](O)[C@H](O[C@@H]4O[C@H](CO)[C@@H](O)[C@H](O)[C@@H]4O)[C@@H]3O)[C@H](O)[C@H]2NC(C)=O)[C@@H](CO[C@@H]2O[C@@H](C)[C@@H](O)[C@@H](O)[C@@H]2O)O[C@H]1O. The highest BCUT2D eigenvalue weighted by Gasteiger charge is 2.57. The number of amides is 2. The summed E-state index contributed by atoms with van der Waals surface area (Å²) in [4.78, 5) is 24.8. The summed E-state index contributed by atoms with van der Waals surface area (Å²) in [6.45, 7) is -1.00. The lowest BCUT2D eigenvalue weighted by Gasteiger charge is -2.50. The molecule has 30 atom stereocenters. The monoisotopic (exact) mass is 1060 g/mol. The van der Waals surface area contributed by atoms with Crippen molar-refractivity contribution in [2.45, 2.75) is 205 Å². The zero-order valence-electron chi connectivity index (χ0n) is 38.8. The molecule has 0 unspecified atom stereocenters. The highest BCUT2D eigenvalue weighted by atomic mass is 16.8. The van der Waals surface area contributed by atoms with Gasteiger partial charge in [0.1, 0.15) is 140 Å². The first kappa shape index (κ1) is 59.1. The minimum Gasteiger partial charge on any atom is -0.394 e. The van der Waals surface area contributed by atoms with Crippen molar-refractivity contribution in [1.82, 2.24) is 10.6 Å². The molecule has 72 heavy (non-hydrogen) atoms. The Kier molecular flexibility index (Phi) is 20.8. The molecular weight excluding hydrogens is 988 g/mol. The average molecular weight is 1060 g/mol. The summed E-state index contributed by atoms with van der Waals surface area (Å²) in [6.07, 6.45) is -51.4. The van der Waals surface area contributed by atoms with Crippen LogP contribution < -0.4 is 10.6 Å². The van der Waals surface area contributed by atoms with Crippen LogP contribution in [0.5, 0.6) is 0 Å². The molecule has 6 heterocycles. The first-order valence-corrected chi connectivity index (χ1v) is 23.0. The summed E-state index contributed by atoms with van der Waals surface area (Å²) >= 11 is 0. The van der Waals surface area contributed by atoms with Gasteiger partial charge in [0.2, 0.25) is 11.8 Å². The Morgan fingerprint density at radius 3 is 1.35 bits per heavy atom. The molecule has 6 aliphatic rings. The molecule has 32 heteroatoms. The fourth-order valence-corrected chi connectivity index (χ4v) is 9.06. The van der Waals surface area contributed by atoms with Gasteiger partial charge < -0.3 is 150 Å². The van der Waals surface area contributed by atoms with Gasteiger partial charge in [-0.3, -0.25) is 9.59 Å². The van der Waals surface area contributed by atoms with Gasteiger partial charge in [-0.1, -0.05) is 0 Å². The Balaban J connectivity index is 1.26. The van der Waals surface area contributed by atoms with Crippen molar-refractivity contribution >= 4 is 11.8 Å². The maximum absolute atomic E-state index is 12.7. The lowest BCUT2D eigenvalue weighted by Crippen LogP contribution is -2.70. The Morgan fingerprint density at radius 2 is 0.792 bits per heavy atom. The van der Waals surface area contributed by atoms with Crippen molar-refractivity contribution < 1.29 is 149 Å². The number of rotatable bonds is 17. The fraction of sp³-hybridized carbons (Fsp3) is 0.950. The van der Waals surface area contributed by atoms with E-state index in [2.05, 4.69) is 10.6 Å². The first-order valence-electron chi connectivity index (χ1n) is 23.0. The minimum absolute atomic E-state index is 0.728. The molecule has 0 spiro atoms. The van der Waals surface area contributed by atoms with Crippen LogP contribution in [-0.4, -0.2) is 316 Å². The second kappa shape index (κ2) is 25.3. The Bertz CT molecular complexity index is 1730. The standard InChI is InChI=1S/C40H68N2O30/c1-9-19(48)25(54)28(57)37(64-9)63-8-16-33(23(52)17(35(61)65-16)41-10(2)46)70-36-18(42-11(3)47)24(53)32(14(6-45)68-36)71-40-31(60)34(72-39-30(59)27(56)21(50)13(5-44)67-39)22(51)15(69-40)7-62-38-29(58)26(55)20(49)12(4-43)66-38/h9,12-40,43-45,48-61H,4-8H2,1-3H3,(H,41,46)(H,42,47)/t9-,12+,13+,14+,15+,16+,17+,18+,19+,20+,21+,22+,23+,24+,25+,26-,27-,28-,29-,30-,31-,32+,33+,34-,35+,36-,37+,38-,39-,40-/m0/s1. The molecule has 19 N–H and O–H groups in total. The molecule has 6 fully saturated rings. The number of aliphatic hydroxyl groups excluding tert-OH is 17. The molecule has 2 amide bonds. The van der Waals surface area contributed by atoms with Gasteiger partial charge in [0.25, 0.3) is 0 Å². The number of aliphatic hydroxyl groups is 17. The van der Waals surface area contributed by atoms with Gasteiger partial charge in [-0.05, 0) is 6.92 Å². The Hall–Kier alpha value is -2.18. The second-order valence-corrected chi connectivity index (χ2v) is 18.3. The normalized spacial score (nSPS) is 50.3. The number of carbonyl (C=O) groups excluding carboxylic acids is 2. The van der Waals surface area contributed by atoms with Crippen LogP contribution in [0.25, 0.3) is 0 Å². The Morgan fingerprint density at radius 1 is 0.389 bits per heavy atom. The maximum Gasteiger partial charge on any atom is 0.217 e. The van der Waals surface area contributed by atoms with E-state index < -0.39 is 229 Å². The molecule has 0 aromatic carbocycles. The Labute approximate surface area is 408 Å². The highest BCUT2D eigenvalue weighted by molar-refractivity contribution is 5.73. The number of nitrogens with one attached hydrogen (secondary N) is 2. The third-order valence-electron chi connectivity index (χ3n) is 13.2. The van der Waals surface area contributed by atoms with E-state index in [1.165, 1.54) is 6.92 Å². The van der Waals surface area contributed by atoms with Crippen molar-refractivity contribution in [3.8, 4) is 0 Å². The van der Waals surface area contributed by atoms with E-state index >= 15 is 0 Å². The highest BCUT2D eigenvalue weighted by Crippen LogP contribution is 2.36. The van der Waals surface area contributed by atoms with Crippen molar-refractivity contribution in [2.24, 2.45) is 0 Å². The average Bonchev–Trinajstić information content (AvgIpc) is 3.34. The molecule has 0 radical (unpaired) electrons. The lowest BCUT2D eigenvalue weighted by atomic mass is 9.94. The van der Waals surface area contributed by atoms with E-state index in [0.29, 0.717) is 0 Å². The summed E-state index contributed by atoms with van der Waals surface area (Å²) < 4.78 is 62.8. The van der Waals surface area contributed by atoms with Gasteiger partial charge >= 0.3 is 0 Å². The second-order valence-electron chi connectivity index (χ2n) is 18.3. The van der Waals surface area contributed by atoms with E-state index in [4.69, 9.17) is 52.1 Å². The molecule has 0 aromatic rings. The van der Waals surface area contributed by atoms with Crippen LogP contribution in [0.4, 0.5) is 0 Å². The predicted octanol–water partition coefficient (Wildman–Crippen LogP) is -12.8. The molecule has 418 valence electrons. The van der Waals surface area contributed by atoms with E-state index in [9.17, 15) is 96.4 Å². The summed E-state index contributed by atoms with van der Waals surface area (Å²) in [5.74, 6) is -1.60. The van der Waals surface area contributed by atoms with Gasteiger partial charge in [0, 0.05) is 13.8 Å². The number of carbonyl (C=O) groups is 2. The zero-order chi connectivity index (χ0) is 53.2. The van der Waals surface area contributed by atoms with Crippen molar-refractivity contribution in [2.75, 3.05) is 33.0 Å². The molecule has 0 aromatic heterocycles. The predicted molar refractivity (Wildman–Crippen MR) is 221 cm³/mol. The van der Waals surface area contributed by atoms with Crippen LogP contribution in [0.15, 0.2) is 0 Å². The maximum atomic E-state index is 12.7. The molecule has 0 saturated carbocycles. The van der Waals surface area contributed by atoms with Gasteiger partial charge in [0.15, 0.2) is 37.7 Å². The zero-order valence-corrected chi connectivity index (χ0v) is 38.8. The van der Waals surface area contributed by atoms with Gasteiger partial charge in [-0.25, -0.2) is 0 Å². The summed E-state index contributed by atoms with van der Waals surface area (Å²) in [7, 11) is 0. The largest absolute Gasteiger partial charge is 0.394 e. The third-order valence-corrected chi connectivity index (χ3v) is 13.2. The summed E-state index contributed by atoms with van der Waals surface area (Å²) in [6, 6.07) is -3.40. The summed E-state index contributed by atoms with van der Waals surface area (Å²) in [5, 5.41) is 186. The molecular formula is C40H68N2O30. The van der Waals surface area contributed by atoms with Crippen LogP contribution in [0, 0.1) is 0 Å². The van der Waals surface area contributed by atoms with Crippen molar-refractivity contribution in [1.29, 1.82) is 0 Å².